The summed E-state index contributed by atoms with van der Waals surface area (Å²) in [5.41, 5.74) is 1.35. The van der Waals surface area contributed by atoms with Crippen LogP contribution in [0, 0.1) is 24.1 Å². The molecule has 13 heavy (non-hydrogen) atoms. The number of benzene rings is 1. The van der Waals surface area contributed by atoms with Crippen LogP contribution in [-0.2, 0) is 6.42 Å². The third-order valence-electron chi connectivity index (χ3n) is 1.85. The lowest BCUT2D eigenvalue weighted by atomic mass is 10.0. The zero-order valence-electron chi connectivity index (χ0n) is 7.97. The molecule has 0 saturated heterocycles. The second kappa shape index (κ2) is 4.09. The van der Waals surface area contributed by atoms with Gasteiger partial charge < -0.3 is 0 Å². The van der Waals surface area contributed by atoms with Gasteiger partial charge in [0.2, 0.25) is 0 Å². The van der Waals surface area contributed by atoms with Crippen LogP contribution in [-0.4, -0.2) is 0 Å². The SMILES string of the molecule is C#Cc1ccc(CC(C)C)c(F)c1. The third-order valence-corrected chi connectivity index (χ3v) is 1.85. The molecule has 0 fully saturated rings. The van der Waals surface area contributed by atoms with E-state index in [9.17, 15) is 4.39 Å². The molecule has 1 aromatic rings. The molecule has 0 bridgehead atoms. The van der Waals surface area contributed by atoms with Gasteiger partial charge in [-0.15, -0.1) is 6.42 Å². The molecular formula is C12H13F. The van der Waals surface area contributed by atoms with E-state index in [1.807, 2.05) is 0 Å². The summed E-state index contributed by atoms with van der Waals surface area (Å²) in [7, 11) is 0. The standard InChI is InChI=1S/C12H13F/c1-4-10-5-6-11(7-9(2)3)12(13)8-10/h1,5-6,8-9H,7H2,2-3H3. The van der Waals surface area contributed by atoms with E-state index in [1.54, 1.807) is 12.1 Å². The zero-order chi connectivity index (χ0) is 9.84. The lowest BCUT2D eigenvalue weighted by molar-refractivity contribution is 0.574. The Balaban J connectivity index is 2.93. The molecule has 0 N–H and O–H groups in total. The highest BCUT2D eigenvalue weighted by molar-refractivity contribution is 5.35. The maximum Gasteiger partial charge on any atom is 0.127 e. The van der Waals surface area contributed by atoms with Crippen LogP contribution in [0.4, 0.5) is 4.39 Å². The normalized spacial score (nSPS) is 10.1. The van der Waals surface area contributed by atoms with Gasteiger partial charge in [0.1, 0.15) is 5.82 Å². The molecule has 0 radical (unpaired) electrons. The number of rotatable bonds is 2. The summed E-state index contributed by atoms with van der Waals surface area (Å²) >= 11 is 0. The number of hydrogen-bond acceptors (Lipinski definition) is 0. The first-order valence-corrected chi connectivity index (χ1v) is 4.38. The van der Waals surface area contributed by atoms with Crippen molar-refractivity contribution in [1.82, 2.24) is 0 Å². The van der Waals surface area contributed by atoms with Crippen molar-refractivity contribution in [2.75, 3.05) is 0 Å². The van der Waals surface area contributed by atoms with Gasteiger partial charge >= 0.3 is 0 Å². The predicted molar refractivity (Wildman–Crippen MR) is 52.9 cm³/mol. The third kappa shape index (κ3) is 2.59. The van der Waals surface area contributed by atoms with Crippen molar-refractivity contribution in [2.45, 2.75) is 20.3 Å². The van der Waals surface area contributed by atoms with Gasteiger partial charge in [-0.1, -0.05) is 25.8 Å². The Hall–Kier alpha value is -1.29. The minimum atomic E-state index is -0.191. The molecular weight excluding hydrogens is 163 g/mol. The van der Waals surface area contributed by atoms with Crippen molar-refractivity contribution < 1.29 is 4.39 Å². The van der Waals surface area contributed by atoms with Gasteiger partial charge in [-0.25, -0.2) is 4.39 Å². The van der Waals surface area contributed by atoms with E-state index in [-0.39, 0.29) is 5.82 Å². The van der Waals surface area contributed by atoms with Crippen LogP contribution in [0.5, 0.6) is 0 Å². The summed E-state index contributed by atoms with van der Waals surface area (Å²) in [6, 6.07) is 4.96. The van der Waals surface area contributed by atoms with Crippen LogP contribution >= 0.6 is 0 Å². The summed E-state index contributed by atoms with van der Waals surface area (Å²) in [6.45, 7) is 4.13. The lowest BCUT2D eigenvalue weighted by Gasteiger charge is -2.06. The molecule has 0 amide bonds. The first-order chi connectivity index (χ1) is 6.13. The van der Waals surface area contributed by atoms with Crippen LogP contribution in [0.1, 0.15) is 25.0 Å². The van der Waals surface area contributed by atoms with Crippen molar-refractivity contribution in [1.29, 1.82) is 0 Å². The van der Waals surface area contributed by atoms with E-state index in [2.05, 4.69) is 19.8 Å². The van der Waals surface area contributed by atoms with Gasteiger partial charge in [0.15, 0.2) is 0 Å². The van der Waals surface area contributed by atoms with Crippen LogP contribution < -0.4 is 0 Å². The predicted octanol–water partition coefficient (Wildman–Crippen LogP) is 3.01. The molecule has 1 rings (SSSR count). The van der Waals surface area contributed by atoms with Crippen molar-refractivity contribution in [3.05, 3.63) is 35.1 Å². The average molecular weight is 176 g/mol. The van der Waals surface area contributed by atoms with Crippen LogP contribution in [0.2, 0.25) is 0 Å². The minimum Gasteiger partial charge on any atom is -0.207 e. The van der Waals surface area contributed by atoms with Crippen molar-refractivity contribution >= 4 is 0 Å². The van der Waals surface area contributed by atoms with Gasteiger partial charge in [0.05, 0.1) is 0 Å². The number of hydrogen-bond donors (Lipinski definition) is 0. The largest absolute Gasteiger partial charge is 0.207 e. The fraction of sp³-hybridized carbons (Fsp3) is 0.333. The van der Waals surface area contributed by atoms with Gasteiger partial charge in [-0.2, -0.15) is 0 Å². The highest BCUT2D eigenvalue weighted by atomic mass is 19.1. The van der Waals surface area contributed by atoms with Crippen molar-refractivity contribution in [2.24, 2.45) is 5.92 Å². The Kier molecular flexibility index (Phi) is 3.08. The Morgan fingerprint density at radius 2 is 2.15 bits per heavy atom. The quantitative estimate of drug-likeness (QED) is 0.608. The fourth-order valence-corrected chi connectivity index (χ4v) is 1.24. The molecule has 0 aromatic heterocycles. The van der Waals surface area contributed by atoms with Crippen LogP contribution in [0.15, 0.2) is 18.2 Å². The number of terminal acetylenes is 1. The number of halogens is 1. The highest BCUT2D eigenvalue weighted by Gasteiger charge is 2.04. The first-order valence-electron chi connectivity index (χ1n) is 4.38. The summed E-state index contributed by atoms with van der Waals surface area (Å²) in [5, 5.41) is 0. The molecule has 0 spiro atoms. The molecule has 0 aliphatic carbocycles. The Morgan fingerprint density at radius 3 is 2.62 bits per heavy atom. The van der Waals surface area contributed by atoms with Crippen molar-refractivity contribution in [3.63, 3.8) is 0 Å². The maximum absolute atomic E-state index is 13.3. The van der Waals surface area contributed by atoms with Gasteiger partial charge in [0, 0.05) is 5.56 Å². The molecule has 68 valence electrons. The van der Waals surface area contributed by atoms with Gasteiger partial charge in [0.25, 0.3) is 0 Å². The molecule has 0 saturated carbocycles. The Labute approximate surface area is 78.8 Å². The zero-order valence-corrected chi connectivity index (χ0v) is 7.97. The fourth-order valence-electron chi connectivity index (χ4n) is 1.24. The van der Waals surface area contributed by atoms with E-state index in [0.29, 0.717) is 11.5 Å². The summed E-state index contributed by atoms with van der Waals surface area (Å²) in [6.07, 6.45) is 5.91. The Bertz CT molecular complexity index is 331. The second-order valence-corrected chi connectivity index (χ2v) is 3.55. The summed E-state index contributed by atoms with van der Waals surface area (Å²) in [4.78, 5) is 0. The van der Waals surface area contributed by atoms with Crippen LogP contribution in [0.25, 0.3) is 0 Å². The minimum absolute atomic E-state index is 0.191. The van der Waals surface area contributed by atoms with E-state index < -0.39 is 0 Å². The van der Waals surface area contributed by atoms with Gasteiger partial charge in [-0.3, -0.25) is 0 Å². The Morgan fingerprint density at radius 1 is 1.46 bits per heavy atom. The molecule has 0 aliphatic heterocycles. The van der Waals surface area contributed by atoms with Crippen LogP contribution in [0.3, 0.4) is 0 Å². The molecule has 0 atom stereocenters. The van der Waals surface area contributed by atoms with E-state index in [4.69, 9.17) is 6.42 Å². The first kappa shape index (κ1) is 9.80. The van der Waals surface area contributed by atoms with E-state index in [1.165, 1.54) is 6.07 Å². The monoisotopic (exact) mass is 176 g/mol. The molecule has 1 aromatic carbocycles. The highest BCUT2D eigenvalue weighted by Crippen LogP contribution is 2.13. The molecule has 0 aliphatic rings. The van der Waals surface area contributed by atoms with E-state index >= 15 is 0 Å². The molecule has 0 heterocycles. The van der Waals surface area contributed by atoms with E-state index in [0.717, 1.165) is 12.0 Å². The summed E-state index contributed by atoms with van der Waals surface area (Å²) in [5.74, 6) is 2.68. The maximum atomic E-state index is 13.3. The second-order valence-electron chi connectivity index (χ2n) is 3.55. The topological polar surface area (TPSA) is 0 Å². The lowest BCUT2D eigenvalue weighted by Crippen LogP contribution is -1.97. The molecule has 1 heteroatoms. The average Bonchev–Trinajstić information content (AvgIpc) is 2.08. The van der Waals surface area contributed by atoms with Gasteiger partial charge in [-0.05, 0) is 30.0 Å². The molecule has 0 nitrogen and oxygen atoms in total. The smallest absolute Gasteiger partial charge is 0.127 e. The van der Waals surface area contributed by atoms with Crippen molar-refractivity contribution in [3.8, 4) is 12.3 Å². The summed E-state index contributed by atoms with van der Waals surface area (Å²) < 4.78 is 13.3. The molecule has 0 unspecified atom stereocenters.